The first kappa shape index (κ1) is 17.9. The van der Waals surface area contributed by atoms with Crippen LogP contribution in [-0.2, 0) is 0 Å². The molecule has 0 unspecified atom stereocenters. The molecule has 0 radical (unpaired) electrons. The van der Waals surface area contributed by atoms with E-state index in [0.29, 0.717) is 10.9 Å². The van der Waals surface area contributed by atoms with Gasteiger partial charge in [-0.1, -0.05) is 18.2 Å². The first-order valence-corrected chi connectivity index (χ1v) is 8.18. The van der Waals surface area contributed by atoms with E-state index < -0.39 is 17.3 Å². The average molecular weight is 379 g/mol. The van der Waals surface area contributed by atoms with E-state index in [2.05, 4.69) is 15.8 Å². The average Bonchev–Trinajstić information content (AvgIpc) is 3.03. The van der Waals surface area contributed by atoms with Crippen molar-refractivity contribution in [1.29, 1.82) is 0 Å². The van der Waals surface area contributed by atoms with Crippen molar-refractivity contribution in [2.45, 2.75) is 10.4 Å². The highest BCUT2D eigenvalue weighted by Crippen LogP contribution is 2.36. The Morgan fingerprint density at radius 2 is 1.58 bits per heavy atom. The summed E-state index contributed by atoms with van der Waals surface area (Å²) in [7, 11) is 0. The molecule has 0 saturated carbocycles. The maximum Gasteiger partial charge on any atom is 0.446 e. The van der Waals surface area contributed by atoms with Crippen LogP contribution in [0.5, 0.6) is 0 Å². The molecule has 0 saturated heterocycles. The van der Waals surface area contributed by atoms with Crippen LogP contribution in [0.3, 0.4) is 0 Å². The highest BCUT2D eigenvalue weighted by atomic mass is 32.2. The number of aromatic amines is 1. The number of H-pyrrole nitrogens is 1. The number of fused-ring (bicyclic) bond motifs is 1. The molecule has 2 aromatic carbocycles. The van der Waals surface area contributed by atoms with Gasteiger partial charge in [-0.15, -0.1) is 0 Å². The van der Waals surface area contributed by atoms with E-state index in [1.165, 1.54) is 30.5 Å². The molecule has 9 heteroatoms. The van der Waals surface area contributed by atoms with Crippen molar-refractivity contribution >= 4 is 34.5 Å². The highest BCUT2D eigenvalue weighted by Gasteiger charge is 2.29. The Morgan fingerprint density at radius 3 is 2.27 bits per heavy atom. The number of hydrogen-bond acceptors (Lipinski definition) is 3. The molecule has 2 amide bonds. The molecule has 3 aromatic rings. The second-order valence-electron chi connectivity index (χ2n) is 5.23. The van der Waals surface area contributed by atoms with E-state index in [1.807, 2.05) is 12.1 Å². The molecule has 1 heterocycles. The number of carbonyl (C=O) groups is 2. The molecule has 1 aromatic heterocycles. The lowest BCUT2D eigenvalue weighted by Crippen LogP contribution is -2.41. The molecule has 0 aliphatic rings. The molecule has 3 N–H and O–H groups in total. The Hall–Kier alpha value is -2.94. The van der Waals surface area contributed by atoms with Gasteiger partial charge in [-0.3, -0.25) is 20.4 Å². The predicted octanol–water partition coefficient (Wildman–Crippen LogP) is 3.85. The van der Waals surface area contributed by atoms with Crippen LogP contribution in [0, 0.1) is 0 Å². The molecule has 0 aliphatic carbocycles. The van der Waals surface area contributed by atoms with Gasteiger partial charge in [-0.05, 0) is 42.1 Å². The molecule has 0 spiro atoms. The third kappa shape index (κ3) is 4.17. The number of nitrogens with one attached hydrogen (secondary N) is 3. The van der Waals surface area contributed by atoms with E-state index in [1.54, 1.807) is 12.1 Å². The lowest BCUT2D eigenvalue weighted by molar-refractivity contribution is -0.0328. The predicted molar refractivity (Wildman–Crippen MR) is 91.6 cm³/mol. The third-order valence-electron chi connectivity index (χ3n) is 3.47. The summed E-state index contributed by atoms with van der Waals surface area (Å²) in [6.07, 6.45) is 1.52. The highest BCUT2D eigenvalue weighted by molar-refractivity contribution is 8.00. The van der Waals surface area contributed by atoms with Gasteiger partial charge in [0.1, 0.15) is 0 Å². The summed E-state index contributed by atoms with van der Waals surface area (Å²) in [6, 6.07) is 12.1. The second-order valence-corrected chi connectivity index (χ2v) is 6.37. The minimum Gasteiger partial charge on any atom is -0.360 e. The number of rotatable bonds is 3. The van der Waals surface area contributed by atoms with Gasteiger partial charge < -0.3 is 4.98 Å². The van der Waals surface area contributed by atoms with E-state index >= 15 is 0 Å². The fraction of sp³-hybridized carbons (Fsp3) is 0.0588. The van der Waals surface area contributed by atoms with E-state index in [9.17, 15) is 22.8 Å². The van der Waals surface area contributed by atoms with Gasteiger partial charge in [-0.2, -0.15) is 13.2 Å². The standard InChI is InChI=1S/C17H12F3N3O2S/c18-17(19,20)26-11-7-5-10(6-8-11)15(24)22-23-16(25)13-9-21-14-4-2-1-3-12(13)14/h1-9,21H,(H,22,24)(H,23,25). The van der Waals surface area contributed by atoms with Crippen LogP contribution in [0.15, 0.2) is 59.6 Å². The van der Waals surface area contributed by atoms with Crippen molar-refractivity contribution in [2.75, 3.05) is 0 Å². The van der Waals surface area contributed by atoms with Crippen molar-refractivity contribution in [3.8, 4) is 0 Å². The third-order valence-corrected chi connectivity index (χ3v) is 4.21. The summed E-state index contributed by atoms with van der Waals surface area (Å²) in [5.41, 5.74) is 1.39. The van der Waals surface area contributed by atoms with Crippen molar-refractivity contribution in [2.24, 2.45) is 0 Å². The fourth-order valence-electron chi connectivity index (χ4n) is 2.32. The van der Waals surface area contributed by atoms with Crippen molar-refractivity contribution in [3.63, 3.8) is 0 Å². The number of hydrazine groups is 1. The summed E-state index contributed by atoms with van der Waals surface area (Å²) < 4.78 is 36.9. The maximum absolute atomic E-state index is 12.3. The van der Waals surface area contributed by atoms with E-state index in [0.717, 1.165) is 5.52 Å². The number of aromatic nitrogens is 1. The number of alkyl halides is 3. The molecule has 5 nitrogen and oxygen atoms in total. The molecule has 0 fully saturated rings. The topological polar surface area (TPSA) is 74.0 Å². The van der Waals surface area contributed by atoms with Crippen LogP contribution >= 0.6 is 11.8 Å². The molecule has 0 aliphatic heterocycles. The summed E-state index contributed by atoms with van der Waals surface area (Å²) in [5, 5.41) is 0.702. The summed E-state index contributed by atoms with van der Waals surface area (Å²) in [6.45, 7) is 0. The quantitative estimate of drug-likeness (QED) is 0.478. The smallest absolute Gasteiger partial charge is 0.360 e. The fourth-order valence-corrected chi connectivity index (χ4v) is 2.86. The van der Waals surface area contributed by atoms with Crippen molar-refractivity contribution in [1.82, 2.24) is 15.8 Å². The Balaban J connectivity index is 1.62. The van der Waals surface area contributed by atoms with Gasteiger partial charge in [0.2, 0.25) is 0 Å². The van der Waals surface area contributed by atoms with Gasteiger partial charge in [-0.25, -0.2) is 0 Å². The molecule has 26 heavy (non-hydrogen) atoms. The zero-order valence-electron chi connectivity index (χ0n) is 13.1. The van der Waals surface area contributed by atoms with Gasteiger partial charge >= 0.3 is 5.51 Å². The van der Waals surface area contributed by atoms with Crippen LogP contribution in [0.1, 0.15) is 20.7 Å². The van der Waals surface area contributed by atoms with Gasteiger partial charge in [0.25, 0.3) is 11.8 Å². The van der Waals surface area contributed by atoms with Gasteiger partial charge in [0.05, 0.1) is 5.56 Å². The van der Waals surface area contributed by atoms with E-state index in [-0.39, 0.29) is 22.2 Å². The Labute approximate surface area is 149 Å². The molecular weight excluding hydrogens is 367 g/mol. The number of amides is 2. The van der Waals surface area contributed by atoms with Crippen LogP contribution in [0.4, 0.5) is 13.2 Å². The minimum atomic E-state index is -4.39. The van der Waals surface area contributed by atoms with Crippen LogP contribution in [0.2, 0.25) is 0 Å². The largest absolute Gasteiger partial charge is 0.446 e. The van der Waals surface area contributed by atoms with E-state index in [4.69, 9.17) is 0 Å². The first-order valence-electron chi connectivity index (χ1n) is 7.36. The number of thioether (sulfide) groups is 1. The van der Waals surface area contributed by atoms with Crippen LogP contribution < -0.4 is 10.9 Å². The van der Waals surface area contributed by atoms with Gasteiger partial charge in [0, 0.05) is 27.6 Å². The number of benzene rings is 2. The van der Waals surface area contributed by atoms with Gasteiger partial charge in [0.15, 0.2) is 0 Å². The van der Waals surface area contributed by atoms with Crippen molar-refractivity contribution in [3.05, 3.63) is 65.9 Å². The zero-order valence-corrected chi connectivity index (χ0v) is 13.9. The minimum absolute atomic E-state index is 0.0307. The SMILES string of the molecule is O=C(NNC(=O)c1c[nH]c2ccccc12)c1ccc(SC(F)(F)F)cc1. The molecule has 0 bridgehead atoms. The summed E-state index contributed by atoms with van der Waals surface area (Å²) in [5.74, 6) is -1.15. The second kappa shape index (κ2) is 7.12. The Morgan fingerprint density at radius 1 is 0.923 bits per heavy atom. The van der Waals surface area contributed by atoms with Crippen LogP contribution in [0.25, 0.3) is 10.9 Å². The van der Waals surface area contributed by atoms with Crippen molar-refractivity contribution < 1.29 is 22.8 Å². The zero-order chi connectivity index (χ0) is 18.7. The normalized spacial score (nSPS) is 11.3. The molecule has 3 rings (SSSR count). The lowest BCUT2D eigenvalue weighted by Gasteiger charge is -2.08. The number of hydrogen-bond donors (Lipinski definition) is 3. The Kier molecular flexibility index (Phi) is 4.90. The first-order chi connectivity index (χ1) is 12.3. The number of carbonyl (C=O) groups excluding carboxylic acids is 2. The summed E-state index contributed by atoms with van der Waals surface area (Å²) in [4.78, 5) is 27.1. The molecule has 134 valence electrons. The number of halogens is 3. The monoisotopic (exact) mass is 379 g/mol. The van der Waals surface area contributed by atoms with Crippen LogP contribution in [-0.4, -0.2) is 22.3 Å². The molecular formula is C17H12F3N3O2S. The lowest BCUT2D eigenvalue weighted by atomic mass is 10.2. The Bertz CT molecular complexity index is 952. The number of para-hydroxylation sites is 1. The summed E-state index contributed by atoms with van der Waals surface area (Å²) >= 11 is -0.266. The molecule has 0 atom stereocenters. The maximum atomic E-state index is 12.3.